The lowest BCUT2D eigenvalue weighted by Gasteiger charge is -2.31. The van der Waals surface area contributed by atoms with Crippen LogP contribution in [0.25, 0.3) is 22.2 Å². The van der Waals surface area contributed by atoms with E-state index in [0.717, 1.165) is 61.5 Å². The van der Waals surface area contributed by atoms with Crippen molar-refractivity contribution in [3.05, 3.63) is 72.1 Å². The summed E-state index contributed by atoms with van der Waals surface area (Å²) in [6.07, 6.45) is 3.75. The van der Waals surface area contributed by atoms with Crippen molar-refractivity contribution < 1.29 is 4.79 Å². The lowest BCUT2D eigenvalue weighted by molar-refractivity contribution is -0.121. The lowest BCUT2D eigenvalue weighted by atomic mass is 9.95. The molecule has 33 heavy (non-hydrogen) atoms. The number of aryl methyl sites for hydroxylation is 1. The first kappa shape index (κ1) is 21.5. The number of fused-ring (bicyclic) bond motifs is 1. The van der Waals surface area contributed by atoms with Crippen LogP contribution in [0.4, 0.5) is 5.69 Å². The third kappa shape index (κ3) is 4.57. The molecule has 6 heteroatoms. The Bertz CT molecular complexity index is 1230. The van der Waals surface area contributed by atoms with E-state index in [1.54, 1.807) is 0 Å². The van der Waals surface area contributed by atoms with Crippen LogP contribution < -0.4 is 5.32 Å². The summed E-state index contributed by atoms with van der Waals surface area (Å²) < 4.78 is 2.04. The zero-order chi connectivity index (χ0) is 22.8. The van der Waals surface area contributed by atoms with Crippen LogP contribution in [-0.4, -0.2) is 38.7 Å². The number of carbonyl (C=O) groups is 1. The van der Waals surface area contributed by atoms with Gasteiger partial charge in [-0.1, -0.05) is 30.3 Å². The fraction of sp³-hybridized carbons (Fsp3) is 0.333. The number of carbonyl (C=O) groups excluding carboxylic acids is 1. The average molecular weight is 442 g/mol. The maximum atomic E-state index is 13.0. The van der Waals surface area contributed by atoms with Crippen molar-refractivity contribution in [2.45, 2.75) is 39.8 Å². The normalized spacial score (nSPS) is 15.2. The summed E-state index contributed by atoms with van der Waals surface area (Å²) in [7, 11) is 0. The van der Waals surface area contributed by atoms with E-state index in [1.165, 1.54) is 16.6 Å². The molecule has 1 aliphatic rings. The number of benzene rings is 2. The smallest absolute Gasteiger partial charge is 0.227 e. The number of anilines is 1. The van der Waals surface area contributed by atoms with Crippen molar-refractivity contribution in [1.82, 2.24) is 19.7 Å². The van der Waals surface area contributed by atoms with Gasteiger partial charge in [-0.25, -0.2) is 0 Å². The number of nitrogens with zero attached hydrogens (tertiary/aromatic N) is 3. The van der Waals surface area contributed by atoms with Gasteiger partial charge in [0.05, 0.1) is 6.20 Å². The lowest BCUT2D eigenvalue weighted by Crippen LogP contribution is -2.37. The number of amides is 1. The summed E-state index contributed by atoms with van der Waals surface area (Å²) in [6, 6.07) is 18.5. The molecule has 0 radical (unpaired) electrons. The Morgan fingerprint density at radius 3 is 2.70 bits per heavy atom. The molecule has 4 aromatic rings. The van der Waals surface area contributed by atoms with Gasteiger partial charge in [-0.15, -0.1) is 0 Å². The van der Waals surface area contributed by atoms with Crippen molar-refractivity contribution in [3.63, 3.8) is 0 Å². The summed E-state index contributed by atoms with van der Waals surface area (Å²) in [5, 5.41) is 8.80. The number of para-hydroxylation sites is 1. The third-order valence-corrected chi connectivity index (χ3v) is 6.83. The maximum Gasteiger partial charge on any atom is 0.227 e. The molecule has 0 bridgehead atoms. The predicted molar refractivity (Wildman–Crippen MR) is 133 cm³/mol. The molecular weight excluding hydrogens is 410 g/mol. The zero-order valence-corrected chi connectivity index (χ0v) is 19.3. The highest BCUT2D eigenvalue weighted by atomic mass is 16.1. The van der Waals surface area contributed by atoms with E-state index < -0.39 is 0 Å². The number of aromatic amines is 1. The molecule has 3 heterocycles. The molecule has 0 atom stereocenters. The van der Waals surface area contributed by atoms with Crippen molar-refractivity contribution in [2.75, 3.05) is 18.4 Å². The summed E-state index contributed by atoms with van der Waals surface area (Å²) in [6.45, 7) is 7.93. The van der Waals surface area contributed by atoms with E-state index in [2.05, 4.69) is 58.4 Å². The molecule has 1 aliphatic heterocycles. The molecule has 6 nitrogen and oxygen atoms in total. The Morgan fingerprint density at radius 1 is 1.12 bits per heavy atom. The highest BCUT2D eigenvalue weighted by molar-refractivity contribution is 5.93. The summed E-state index contributed by atoms with van der Waals surface area (Å²) in [4.78, 5) is 18.9. The quantitative estimate of drug-likeness (QED) is 0.432. The van der Waals surface area contributed by atoms with E-state index in [4.69, 9.17) is 0 Å². The van der Waals surface area contributed by atoms with Crippen LogP contribution in [0.2, 0.25) is 0 Å². The molecule has 0 aliphatic carbocycles. The van der Waals surface area contributed by atoms with Crippen molar-refractivity contribution in [1.29, 1.82) is 0 Å². The van der Waals surface area contributed by atoms with E-state index in [0.29, 0.717) is 0 Å². The van der Waals surface area contributed by atoms with Crippen LogP contribution in [0.15, 0.2) is 60.8 Å². The summed E-state index contributed by atoms with van der Waals surface area (Å²) in [5.74, 6) is 0.177. The molecule has 0 saturated carbocycles. The Hall–Kier alpha value is -3.38. The Kier molecular flexibility index (Phi) is 6.01. The number of hydrogen-bond acceptors (Lipinski definition) is 3. The molecule has 5 rings (SSSR count). The Morgan fingerprint density at radius 2 is 1.94 bits per heavy atom. The summed E-state index contributed by atoms with van der Waals surface area (Å²) >= 11 is 0. The fourth-order valence-electron chi connectivity index (χ4n) is 4.79. The van der Waals surface area contributed by atoms with Gasteiger partial charge in [0.1, 0.15) is 0 Å². The molecule has 2 aromatic carbocycles. The van der Waals surface area contributed by atoms with Gasteiger partial charge in [0.2, 0.25) is 5.91 Å². The molecule has 0 unspecified atom stereocenters. The third-order valence-electron chi connectivity index (χ3n) is 6.83. The minimum Gasteiger partial charge on any atom is -0.355 e. The zero-order valence-electron chi connectivity index (χ0n) is 19.3. The molecule has 170 valence electrons. The first-order valence-electron chi connectivity index (χ1n) is 11.8. The number of H-pyrrole nitrogens is 1. The van der Waals surface area contributed by atoms with Gasteiger partial charge in [-0.3, -0.25) is 14.4 Å². The van der Waals surface area contributed by atoms with Gasteiger partial charge >= 0.3 is 0 Å². The average Bonchev–Trinajstić information content (AvgIpc) is 3.43. The largest absolute Gasteiger partial charge is 0.355 e. The van der Waals surface area contributed by atoms with Gasteiger partial charge in [-0.2, -0.15) is 5.10 Å². The maximum absolute atomic E-state index is 13.0. The molecule has 2 aromatic heterocycles. The fourth-order valence-corrected chi connectivity index (χ4v) is 4.79. The van der Waals surface area contributed by atoms with Crippen molar-refractivity contribution >= 4 is 22.5 Å². The van der Waals surface area contributed by atoms with Crippen LogP contribution in [-0.2, 0) is 17.9 Å². The molecule has 1 saturated heterocycles. The van der Waals surface area contributed by atoms with Gasteiger partial charge in [0.25, 0.3) is 0 Å². The minimum atomic E-state index is 0.0532. The van der Waals surface area contributed by atoms with Gasteiger partial charge in [-0.05, 0) is 64.0 Å². The van der Waals surface area contributed by atoms with E-state index >= 15 is 0 Å². The highest BCUT2D eigenvalue weighted by Gasteiger charge is 2.25. The van der Waals surface area contributed by atoms with Crippen LogP contribution in [0.3, 0.4) is 0 Å². The topological polar surface area (TPSA) is 66.0 Å². The number of nitrogens with one attached hydrogen (secondary N) is 2. The van der Waals surface area contributed by atoms with Crippen LogP contribution in [0, 0.1) is 12.8 Å². The van der Waals surface area contributed by atoms with E-state index in [1.807, 2.05) is 41.2 Å². The Labute approximate surface area is 194 Å². The van der Waals surface area contributed by atoms with Gasteiger partial charge in [0, 0.05) is 58.1 Å². The standard InChI is InChI=1S/C27H31N5O/c1-3-32-19(2)23(17-28-32)18-31-13-11-20(12-14-31)27(33)29-24-9-6-8-21(15-24)26-16-22-7-4-5-10-25(22)30-26/h4-10,15-17,20,30H,3,11-14,18H2,1-2H3,(H,29,33). The number of rotatable bonds is 6. The molecular formula is C27H31N5O. The van der Waals surface area contributed by atoms with Crippen LogP contribution in [0.5, 0.6) is 0 Å². The minimum absolute atomic E-state index is 0.0532. The molecule has 1 amide bonds. The number of likely N-dealkylation sites (tertiary alicyclic amines) is 1. The predicted octanol–water partition coefficient (Wildman–Crippen LogP) is 5.21. The van der Waals surface area contributed by atoms with Crippen molar-refractivity contribution in [3.8, 4) is 11.3 Å². The molecule has 2 N–H and O–H groups in total. The monoisotopic (exact) mass is 441 g/mol. The number of aromatic nitrogens is 3. The van der Waals surface area contributed by atoms with Crippen LogP contribution >= 0.6 is 0 Å². The molecule has 1 fully saturated rings. The van der Waals surface area contributed by atoms with Crippen LogP contribution in [0.1, 0.15) is 31.0 Å². The second-order valence-electron chi connectivity index (χ2n) is 8.96. The number of piperidine rings is 1. The SMILES string of the molecule is CCn1ncc(CN2CCC(C(=O)Nc3cccc(-c4cc5ccccc5[nH]4)c3)CC2)c1C. The van der Waals surface area contributed by atoms with Crippen molar-refractivity contribution in [2.24, 2.45) is 5.92 Å². The first-order chi connectivity index (χ1) is 16.1. The van der Waals surface area contributed by atoms with Gasteiger partial charge < -0.3 is 10.3 Å². The number of hydrogen-bond donors (Lipinski definition) is 2. The van der Waals surface area contributed by atoms with Gasteiger partial charge in [0.15, 0.2) is 0 Å². The van der Waals surface area contributed by atoms with E-state index in [9.17, 15) is 4.79 Å². The second-order valence-corrected chi connectivity index (χ2v) is 8.96. The summed E-state index contributed by atoms with van der Waals surface area (Å²) in [5.41, 5.74) is 6.62. The Balaban J connectivity index is 1.19. The highest BCUT2D eigenvalue weighted by Crippen LogP contribution is 2.27. The second kappa shape index (κ2) is 9.24. The molecule has 0 spiro atoms. The van der Waals surface area contributed by atoms with E-state index in [-0.39, 0.29) is 11.8 Å². The first-order valence-corrected chi connectivity index (χ1v) is 11.8.